The van der Waals surface area contributed by atoms with Gasteiger partial charge in [0.15, 0.2) is 0 Å². The standard InChI is InChI=1S/C14H17N3O/c1-10-7-11(2)9-12(8-10)3-5-15-14(18)13-4-6-16-17-13/h4,6-9H,3,5H2,1-2H3,(H,15,18)(H,16,17). The first-order valence-electron chi connectivity index (χ1n) is 6.00. The molecule has 2 rings (SSSR count). The Morgan fingerprint density at radius 1 is 1.28 bits per heavy atom. The van der Waals surface area contributed by atoms with Gasteiger partial charge in [-0.3, -0.25) is 9.89 Å². The van der Waals surface area contributed by atoms with Gasteiger partial charge in [-0.15, -0.1) is 0 Å². The fourth-order valence-corrected chi connectivity index (χ4v) is 2.01. The van der Waals surface area contributed by atoms with Gasteiger partial charge >= 0.3 is 0 Å². The van der Waals surface area contributed by atoms with Gasteiger partial charge in [0.05, 0.1) is 0 Å². The summed E-state index contributed by atoms with van der Waals surface area (Å²) in [7, 11) is 0. The van der Waals surface area contributed by atoms with Crippen molar-refractivity contribution in [2.45, 2.75) is 20.3 Å². The molecule has 0 unspecified atom stereocenters. The predicted octanol–water partition coefficient (Wildman–Crippen LogP) is 2.00. The molecule has 18 heavy (non-hydrogen) atoms. The molecule has 0 spiro atoms. The molecule has 1 aromatic carbocycles. The molecule has 0 fully saturated rings. The van der Waals surface area contributed by atoms with Crippen molar-refractivity contribution >= 4 is 5.91 Å². The second kappa shape index (κ2) is 5.49. The third-order valence-corrected chi connectivity index (χ3v) is 2.73. The third kappa shape index (κ3) is 3.20. The van der Waals surface area contributed by atoms with Crippen LogP contribution >= 0.6 is 0 Å². The Labute approximate surface area is 106 Å². The van der Waals surface area contributed by atoms with Crippen LogP contribution < -0.4 is 5.32 Å². The first-order chi connectivity index (χ1) is 8.65. The maximum atomic E-state index is 11.6. The number of nitrogens with one attached hydrogen (secondary N) is 2. The van der Waals surface area contributed by atoms with Crippen molar-refractivity contribution in [2.75, 3.05) is 6.54 Å². The van der Waals surface area contributed by atoms with Crippen LogP contribution in [0.3, 0.4) is 0 Å². The van der Waals surface area contributed by atoms with E-state index in [1.165, 1.54) is 16.7 Å². The first kappa shape index (κ1) is 12.4. The molecule has 0 radical (unpaired) electrons. The molecule has 2 aromatic rings. The number of rotatable bonds is 4. The number of aromatic amines is 1. The van der Waals surface area contributed by atoms with Crippen molar-refractivity contribution in [3.63, 3.8) is 0 Å². The van der Waals surface area contributed by atoms with Crippen molar-refractivity contribution < 1.29 is 4.79 Å². The number of H-pyrrole nitrogens is 1. The van der Waals surface area contributed by atoms with Crippen molar-refractivity contribution in [3.8, 4) is 0 Å². The maximum absolute atomic E-state index is 11.6. The van der Waals surface area contributed by atoms with Crippen LogP contribution in [0.4, 0.5) is 0 Å². The molecule has 0 aliphatic carbocycles. The van der Waals surface area contributed by atoms with E-state index >= 15 is 0 Å². The number of aromatic nitrogens is 2. The lowest BCUT2D eigenvalue weighted by Crippen LogP contribution is -2.26. The molecule has 0 bridgehead atoms. The Morgan fingerprint density at radius 3 is 2.61 bits per heavy atom. The Kier molecular flexibility index (Phi) is 3.77. The highest BCUT2D eigenvalue weighted by atomic mass is 16.1. The average Bonchev–Trinajstić information content (AvgIpc) is 2.80. The van der Waals surface area contributed by atoms with Crippen molar-refractivity contribution in [1.29, 1.82) is 0 Å². The highest BCUT2D eigenvalue weighted by Gasteiger charge is 2.05. The van der Waals surface area contributed by atoms with E-state index in [9.17, 15) is 4.79 Å². The van der Waals surface area contributed by atoms with Gasteiger partial charge in [-0.25, -0.2) is 0 Å². The molecule has 1 heterocycles. The third-order valence-electron chi connectivity index (χ3n) is 2.73. The minimum atomic E-state index is -0.114. The number of hydrogen-bond donors (Lipinski definition) is 2. The van der Waals surface area contributed by atoms with Crippen LogP contribution in [0, 0.1) is 13.8 Å². The van der Waals surface area contributed by atoms with Crippen LogP contribution in [-0.4, -0.2) is 22.6 Å². The van der Waals surface area contributed by atoms with Crippen LogP contribution in [-0.2, 0) is 6.42 Å². The van der Waals surface area contributed by atoms with E-state index in [0.717, 1.165) is 6.42 Å². The Morgan fingerprint density at radius 2 is 2.00 bits per heavy atom. The van der Waals surface area contributed by atoms with Gasteiger partial charge < -0.3 is 5.32 Å². The lowest BCUT2D eigenvalue weighted by molar-refractivity contribution is 0.0949. The van der Waals surface area contributed by atoms with Crippen LogP contribution in [0.15, 0.2) is 30.5 Å². The zero-order valence-electron chi connectivity index (χ0n) is 10.7. The van der Waals surface area contributed by atoms with Crippen LogP contribution in [0.5, 0.6) is 0 Å². The summed E-state index contributed by atoms with van der Waals surface area (Å²) in [4.78, 5) is 11.6. The van der Waals surface area contributed by atoms with E-state index in [4.69, 9.17) is 0 Å². The molecule has 0 atom stereocenters. The highest BCUT2D eigenvalue weighted by Crippen LogP contribution is 2.09. The number of carbonyl (C=O) groups is 1. The van der Waals surface area contributed by atoms with E-state index in [0.29, 0.717) is 12.2 Å². The van der Waals surface area contributed by atoms with Gasteiger partial charge in [0.25, 0.3) is 5.91 Å². The minimum absolute atomic E-state index is 0.114. The molecular weight excluding hydrogens is 226 g/mol. The Bertz CT molecular complexity index is 512. The summed E-state index contributed by atoms with van der Waals surface area (Å²) in [6.45, 7) is 4.79. The van der Waals surface area contributed by atoms with Gasteiger partial charge in [0, 0.05) is 12.7 Å². The monoisotopic (exact) mass is 243 g/mol. The van der Waals surface area contributed by atoms with Gasteiger partial charge in [-0.2, -0.15) is 5.10 Å². The molecule has 1 aromatic heterocycles. The van der Waals surface area contributed by atoms with Crippen LogP contribution in [0.2, 0.25) is 0 Å². The van der Waals surface area contributed by atoms with Crippen LogP contribution in [0.25, 0.3) is 0 Å². The maximum Gasteiger partial charge on any atom is 0.269 e. The quantitative estimate of drug-likeness (QED) is 0.863. The van der Waals surface area contributed by atoms with Gasteiger partial charge in [-0.05, 0) is 31.9 Å². The Hall–Kier alpha value is -2.10. The van der Waals surface area contributed by atoms with E-state index in [1.54, 1.807) is 12.3 Å². The highest BCUT2D eigenvalue weighted by molar-refractivity contribution is 5.92. The van der Waals surface area contributed by atoms with Gasteiger partial charge in [0.2, 0.25) is 0 Å². The number of carbonyl (C=O) groups excluding carboxylic acids is 1. The predicted molar refractivity (Wildman–Crippen MR) is 70.5 cm³/mol. The second-order valence-electron chi connectivity index (χ2n) is 4.47. The zero-order valence-corrected chi connectivity index (χ0v) is 10.7. The topological polar surface area (TPSA) is 57.8 Å². The summed E-state index contributed by atoms with van der Waals surface area (Å²) in [5, 5.41) is 9.25. The normalized spacial score (nSPS) is 10.3. The lowest BCUT2D eigenvalue weighted by Gasteiger charge is -2.06. The molecule has 2 N–H and O–H groups in total. The molecule has 0 aliphatic heterocycles. The molecule has 4 heteroatoms. The first-order valence-corrected chi connectivity index (χ1v) is 6.00. The van der Waals surface area contributed by atoms with Crippen LogP contribution in [0.1, 0.15) is 27.2 Å². The summed E-state index contributed by atoms with van der Waals surface area (Å²) in [5.74, 6) is -0.114. The van der Waals surface area contributed by atoms with E-state index < -0.39 is 0 Å². The number of hydrogen-bond acceptors (Lipinski definition) is 2. The number of benzene rings is 1. The van der Waals surface area contributed by atoms with Crippen molar-refractivity contribution in [3.05, 3.63) is 52.8 Å². The smallest absolute Gasteiger partial charge is 0.269 e. The molecule has 4 nitrogen and oxygen atoms in total. The zero-order chi connectivity index (χ0) is 13.0. The van der Waals surface area contributed by atoms with E-state index in [2.05, 4.69) is 47.6 Å². The Balaban J connectivity index is 1.87. The van der Waals surface area contributed by atoms with E-state index in [1.807, 2.05) is 0 Å². The average molecular weight is 243 g/mol. The molecule has 94 valence electrons. The summed E-state index contributed by atoms with van der Waals surface area (Å²) in [6, 6.07) is 8.10. The summed E-state index contributed by atoms with van der Waals surface area (Å²) < 4.78 is 0. The molecule has 0 aliphatic rings. The number of aryl methyl sites for hydroxylation is 2. The molecule has 0 saturated heterocycles. The fraction of sp³-hybridized carbons (Fsp3) is 0.286. The molecular formula is C14H17N3O. The summed E-state index contributed by atoms with van der Waals surface area (Å²) in [6.07, 6.45) is 2.40. The van der Waals surface area contributed by atoms with Crippen molar-refractivity contribution in [1.82, 2.24) is 15.5 Å². The second-order valence-corrected chi connectivity index (χ2v) is 4.47. The largest absolute Gasteiger partial charge is 0.350 e. The summed E-state index contributed by atoms with van der Waals surface area (Å²) in [5.41, 5.74) is 4.25. The van der Waals surface area contributed by atoms with Gasteiger partial charge in [0.1, 0.15) is 5.69 Å². The molecule has 1 amide bonds. The fourth-order valence-electron chi connectivity index (χ4n) is 2.01. The minimum Gasteiger partial charge on any atom is -0.350 e. The molecule has 0 saturated carbocycles. The van der Waals surface area contributed by atoms with Gasteiger partial charge in [-0.1, -0.05) is 29.3 Å². The lowest BCUT2D eigenvalue weighted by atomic mass is 10.1. The van der Waals surface area contributed by atoms with Crippen molar-refractivity contribution in [2.24, 2.45) is 0 Å². The number of amides is 1. The van der Waals surface area contributed by atoms with E-state index in [-0.39, 0.29) is 5.91 Å². The number of nitrogens with zero attached hydrogens (tertiary/aromatic N) is 1. The SMILES string of the molecule is Cc1cc(C)cc(CCNC(=O)c2ccn[nH]2)c1. The summed E-state index contributed by atoms with van der Waals surface area (Å²) >= 11 is 0.